The second-order valence-corrected chi connectivity index (χ2v) is 5.86. The summed E-state index contributed by atoms with van der Waals surface area (Å²) in [6.45, 7) is 4.13. The van der Waals surface area contributed by atoms with Gasteiger partial charge in [-0.2, -0.15) is 0 Å². The Morgan fingerprint density at radius 2 is 1.05 bits per heavy atom. The molecule has 0 aliphatic carbocycles. The molecule has 0 bridgehead atoms. The van der Waals surface area contributed by atoms with Gasteiger partial charge in [0.25, 0.3) is 0 Å². The maximum absolute atomic E-state index is 6.14. The average Bonchev–Trinajstić information content (AvgIpc) is 2.51. The molecular formula is C18H20Cl2O. The molecule has 0 radical (unpaired) electrons. The number of aryl methyl sites for hydroxylation is 2. The number of hydrogen-bond donors (Lipinski definition) is 0. The van der Waals surface area contributed by atoms with Crippen molar-refractivity contribution >= 4 is 23.2 Å². The summed E-state index contributed by atoms with van der Waals surface area (Å²) in [6.07, 6.45) is -0.311. The van der Waals surface area contributed by atoms with Crippen LogP contribution in [0.15, 0.2) is 48.5 Å². The van der Waals surface area contributed by atoms with Crippen molar-refractivity contribution < 1.29 is 4.74 Å². The smallest absolute Gasteiger partial charge is 0.0969 e. The molecule has 21 heavy (non-hydrogen) atoms. The van der Waals surface area contributed by atoms with E-state index in [1.54, 1.807) is 0 Å². The van der Waals surface area contributed by atoms with Gasteiger partial charge in [-0.05, 0) is 25.0 Å². The molecule has 1 nitrogen and oxygen atoms in total. The van der Waals surface area contributed by atoms with Gasteiger partial charge in [-0.1, -0.05) is 59.7 Å². The van der Waals surface area contributed by atoms with Crippen LogP contribution >= 0.6 is 23.2 Å². The number of alkyl halides is 2. The van der Waals surface area contributed by atoms with Crippen molar-refractivity contribution in [3.05, 3.63) is 70.8 Å². The van der Waals surface area contributed by atoms with Crippen LogP contribution in [-0.4, -0.2) is 11.8 Å². The Morgan fingerprint density at radius 3 is 1.33 bits per heavy atom. The maximum Gasteiger partial charge on any atom is 0.0969 e. The Labute approximate surface area is 136 Å². The molecule has 2 unspecified atom stereocenters. The van der Waals surface area contributed by atoms with Gasteiger partial charge < -0.3 is 4.74 Å². The van der Waals surface area contributed by atoms with Crippen LogP contribution in [0.5, 0.6) is 0 Å². The first kappa shape index (κ1) is 16.4. The quantitative estimate of drug-likeness (QED) is 0.631. The van der Waals surface area contributed by atoms with Crippen molar-refractivity contribution in [2.24, 2.45) is 0 Å². The van der Waals surface area contributed by atoms with E-state index in [4.69, 9.17) is 27.9 Å². The van der Waals surface area contributed by atoms with Gasteiger partial charge in [0.15, 0.2) is 0 Å². The standard InChI is InChI=1S/C18H20Cl2O/c1-13-3-7-15(8-4-13)17(11-19)21-18(12-20)16-9-5-14(2)6-10-16/h3-10,17-18H,11-12H2,1-2H3. The molecule has 0 saturated carbocycles. The fraction of sp³-hybridized carbons (Fsp3) is 0.333. The predicted octanol–water partition coefficient (Wildman–Crippen LogP) is 5.58. The molecule has 0 amide bonds. The van der Waals surface area contributed by atoms with Crippen molar-refractivity contribution in [2.75, 3.05) is 11.8 Å². The van der Waals surface area contributed by atoms with E-state index in [2.05, 4.69) is 62.4 Å². The molecule has 0 N–H and O–H groups in total. The highest BCUT2D eigenvalue weighted by molar-refractivity contribution is 6.18. The highest BCUT2D eigenvalue weighted by Crippen LogP contribution is 2.29. The molecule has 0 spiro atoms. The van der Waals surface area contributed by atoms with E-state index in [1.165, 1.54) is 11.1 Å². The van der Waals surface area contributed by atoms with Gasteiger partial charge in [0.2, 0.25) is 0 Å². The SMILES string of the molecule is Cc1ccc(C(CCl)OC(CCl)c2ccc(C)cc2)cc1. The highest BCUT2D eigenvalue weighted by atomic mass is 35.5. The second kappa shape index (κ2) is 7.84. The molecule has 0 aromatic heterocycles. The van der Waals surface area contributed by atoms with Gasteiger partial charge in [-0.3, -0.25) is 0 Å². The monoisotopic (exact) mass is 322 g/mol. The average molecular weight is 323 g/mol. The lowest BCUT2D eigenvalue weighted by atomic mass is 10.1. The number of rotatable bonds is 6. The third kappa shape index (κ3) is 4.47. The minimum atomic E-state index is -0.155. The van der Waals surface area contributed by atoms with Crippen LogP contribution < -0.4 is 0 Å². The van der Waals surface area contributed by atoms with E-state index in [0.717, 1.165) is 11.1 Å². The summed E-state index contributed by atoms with van der Waals surface area (Å²) in [5, 5.41) is 0. The fourth-order valence-corrected chi connectivity index (χ4v) is 2.67. The molecule has 0 aliphatic heterocycles. The lowest BCUT2D eigenvalue weighted by Gasteiger charge is -2.23. The topological polar surface area (TPSA) is 9.23 Å². The Kier molecular flexibility index (Phi) is 6.10. The highest BCUT2D eigenvalue weighted by Gasteiger charge is 2.18. The third-order valence-electron chi connectivity index (χ3n) is 3.51. The fourth-order valence-electron chi connectivity index (χ4n) is 2.17. The van der Waals surface area contributed by atoms with E-state index >= 15 is 0 Å². The summed E-state index contributed by atoms with van der Waals surface area (Å²) in [4.78, 5) is 0. The van der Waals surface area contributed by atoms with E-state index < -0.39 is 0 Å². The number of ether oxygens (including phenoxy) is 1. The summed E-state index contributed by atoms with van der Waals surface area (Å²) < 4.78 is 6.14. The second-order valence-electron chi connectivity index (χ2n) is 5.24. The van der Waals surface area contributed by atoms with Crippen molar-refractivity contribution in [3.8, 4) is 0 Å². The molecule has 3 heteroatoms. The van der Waals surface area contributed by atoms with Crippen molar-refractivity contribution in [3.63, 3.8) is 0 Å². The molecule has 0 fully saturated rings. The Hall–Kier alpha value is -1.02. The molecule has 0 aliphatic rings. The molecule has 2 rings (SSSR count). The Bertz CT molecular complexity index is 497. The zero-order chi connectivity index (χ0) is 15.2. The van der Waals surface area contributed by atoms with Gasteiger partial charge in [0, 0.05) is 0 Å². The number of hydrogen-bond acceptors (Lipinski definition) is 1. The molecule has 2 aromatic rings. The Balaban J connectivity index is 2.15. The normalized spacial score (nSPS) is 13.9. The molecular weight excluding hydrogens is 303 g/mol. The van der Waals surface area contributed by atoms with E-state index in [9.17, 15) is 0 Å². The van der Waals surface area contributed by atoms with Crippen molar-refractivity contribution in [2.45, 2.75) is 26.1 Å². The summed E-state index contributed by atoms with van der Waals surface area (Å²) >= 11 is 12.2. The van der Waals surface area contributed by atoms with E-state index in [0.29, 0.717) is 11.8 Å². The number of benzene rings is 2. The third-order valence-corrected chi connectivity index (χ3v) is 4.07. The van der Waals surface area contributed by atoms with Crippen LogP contribution in [0.1, 0.15) is 34.5 Å². The number of halogens is 2. The lowest BCUT2D eigenvalue weighted by Crippen LogP contribution is -2.13. The van der Waals surface area contributed by atoms with Gasteiger partial charge in [-0.25, -0.2) is 0 Å². The van der Waals surface area contributed by atoms with Crippen LogP contribution in [0.4, 0.5) is 0 Å². The zero-order valence-corrected chi connectivity index (χ0v) is 13.9. The van der Waals surface area contributed by atoms with Gasteiger partial charge in [0.1, 0.15) is 0 Å². The van der Waals surface area contributed by atoms with Crippen LogP contribution in [-0.2, 0) is 4.74 Å². The van der Waals surface area contributed by atoms with Gasteiger partial charge in [0.05, 0.1) is 24.0 Å². The largest absolute Gasteiger partial charge is 0.363 e. The van der Waals surface area contributed by atoms with E-state index in [-0.39, 0.29) is 12.2 Å². The summed E-state index contributed by atoms with van der Waals surface area (Å²) in [5.41, 5.74) is 4.61. The first-order valence-corrected chi connectivity index (χ1v) is 8.11. The van der Waals surface area contributed by atoms with Crippen LogP contribution in [0.2, 0.25) is 0 Å². The zero-order valence-electron chi connectivity index (χ0n) is 12.4. The predicted molar refractivity (Wildman–Crippen MR) is 90.4 cm³/mol. The van der Waals surface area contributed by atoms with Gasteiger partial charge >= 0.3 is 0 Å². The molecule has 112 valence electrons. The molecule has 2 atom stereocenters. The van der Waals surface area contributed by atoms with Crippen LogP contribution in [0.3, 0.4) is 0 Å². The first-order chi connectivity index (χ1) is 10.1. The maximum atomic E-state index is 6.14. The Morgan fingerprint density at radius 1 is 0.714 bits per heavy atom. The minimum absolute atomic E-state index is 0.155. The summed E-state index contributed by atoms with van der Waals surface area (Å²) in [5.74, 6) is 0.810. The lowest BCUT2D eigenvalue weighted by molar-refractivity contribution is 0.00991. The van der Waals surface area contributed by atoms with Crippen LogP contribution in [0, 0.1) is 13.8 Å². The van der Waals surface area contributed by atoms with E-state index in [1.807, 2.05) is 0 Å². The summed E-state index contributed by atoms with van der Waals surface area (Å²) in [7, 11) is 0. The molecule has 2 aromatic carbocycles. The minimum Gasteiger partial charge on any atom is -0.363 e. The van der Waals surface area contributed by atoms with Crippen LogP contribution in [0.25, 0.3) is 0 Å². The van der Waals surface area contributed by atoms with Crippen molar-refractivity contribution in [1.29, 1.82) is 0 Å². The first-order valence-electron chi connectivity index (χ1n) is 7.04. The van der Waals surface area contributed by atoms with Crippen molar-refractivity contribution in [1.82, 2.24) is 0 Å². The molecule has 0 heterocycles. The molecule has 0 saturated heterocycles. The summed E-state index contributed by atoms with van der Waals surface area (Å²) in [6, 6.07) is 16.5. The van der Waals surface area contributed by atoms with Gasteiger partial charge in [-0.15, -0.1) is 23.2 Å².